The molecule has 3 rings (SSSR count). The summed E-state index contributed by atoms with van der Waals surface area (Å²) < 4.78 is 10.1. The highest BCUT2D eigenvalue weighted by molar-refractivity contribution is 5.92. The Morgan fingerprint density at radius 2 is 2.09 bits per heavy atom. The van der Waals surface area contributed by atoms with Crippen molar-refractivity contribution < 1.29 is 14.1 Å². The second-order valence-corrected chi connectivity index (χ2v) is 6.03. The summed E-state index contributed by atoms with van der Waals surface area (Å²) in [6.45, 7) is 3.99. The van der Waals surface area contributed by atoms with Gasteiger partial charge in [0, 0.05) is 26.3 Å². The molecule has 23 heavy (non-hydrogen) atoms. The van der Waals surface area contributed by atoms with Crippen LogP contribution >= 0.6 is 0 Å². The van der Waals surface area contributed by atoms with Crippen LogP contribution in [-0.2, 0) is 11.3 Å². The zero-order valence-electron chi connectivity index (χ0n) is 13.6. The number of likely N-dealkylation sites (tertiary alicyclic amines) is 1. The first kappa shape index (κ1) is 15.7. The van der Waals surface area contributed by atoms with E-state index in [1.54, 1.807) is 13.2 Å². The fourth-order valence-corrected chi connectivity index (χ4v) is 3.22. The van der Waals surface area contributed by atoms with Crippen LogP contribution in [-0.4, -0.2) is 36.2 Å². The number of carbonyl (C=O) groups excluding carboxylic acids is 1. The van der Waals surface area contributed by atoms with Crippen molar-refractivity contribution in [2.75, 3.05) is 20.2 Å². The number of amides is 1. The Kier molecular flexibility index (Phi) is 4.76. The molecule has 0 aliphatic carbocycles. The first-order chi connectivity index (χ1) is 11.2. The van der Waals surface area contributed by atoms with Gasteiger partial charge in [-0.25, -0.2) is 0 Å². The third kappa shape index (κ3) is 3.45. The zero-order chi connectivity index (χ0) is 16.2. The van der Waals surface area contributed by atoms with E-state index in [4.69, 9.17) is 9.26 Å². The second kappa shape index (κ2) is 6.96. The van der Waals surface area contributed by atoms with Gasteiger partial charge < -0.3 is 14.2 Å². The summed E-state index contributed by atoms with van der Waals surface area (Å²) in [6.07, 6.45) is 1.97. The monoisotopic (exact) mass is 314 g/mol. The van der Waals surface area contributed by atoms with Crippen LogP contribution in [0.15, 0.2) is 34.9 Å². The summed E-state index contributed by atoms with van der Waals surface area (Å²) in [5.74, 6) is 1.05. The lowest BCUT2D eigenvalue weighted by Gasteiger charge is -2.32. The molecule has 5 heteroatoms. The highest BCUT2D eigenvalue weighted by atomic mass is 16.5. The molecule has 0 spiro atoms. The van der Waals surface area contributed by atoms with E-state index >= 15 is 0 Å². The molecule has 5 nitrogen and oxygen atoms in total. The molecule has 1 saturated heterocycles. The van der Waals surface area contributed by atoms with Crippen LogP contribution in [0, 0.1) is 6.92 Å². The van der Waals surface area contributed by atoms with E-state index in [1.165, 1.54) is 11.1 Å². The van der Waals surface area contributed by atoms with Crippen molar-refractivity contribution in [2.24, 2.45) is 0 Å². The molecule has 1 aromatic heterocycles. The Morgan fingerprint density at radius 1 is 1.35 bits per heavy atom. The van der Waals surface area contributed by atoms with Gasteiger partial charge in [0.25, 0.3) is 5.91 Å². The van der Waals surface area contributed by atoms with Crippen LogP contribution in [0.5, 0.6) is 0 Å². The number of nitrogens with zero attached hydrogens (tertiary/aromatic N) is 2. The average molecular weight is 314 g/mol. The molecule has 0 N–H and O–H groups in total. The van der Waals surface area contributed by atoms with E-state index in [0.717, 1.165) is 25.9 Å². The summed E-state index contributed by atoms with van der Waals surface area (Å²) in [7, 11) is 1.58. The Morgan fingerprint density at radius 3 is 2.78 bits per heavy atom. The van der Waals surface area contributed by atoms with Crippen molar-refractivity contribution in [2.45, 2.75) is 32.3 Å². The molecule has 1 aliphatic heterocycles. The topological polar surface area (TPSA) is 55.6 Å². The van der Waals surface area contributed by atoms with Gasteiger partial charge in [0.15, 0.2) is 11.5 Å². The Hall–Kier alpha value is -2.14. The number of aryl methyl sites for hydroxylation is 1. The van der Waals surface area contributed by atoms with E-state index in [9.17, 15) is 4.79 Å². The lowest BCUT2D eigenvalue weighted by molar-refractivity contribution is 0.0702. The van der Waals surface area contributed by atoms with Crippen LogP contribution in [0.25, 0.3) is 0 Å². The lowest BCUT2D eigenvalue weighted by Crippen LogP contribution is -2.38. The molecular formula is C18H22N2O3. The highest BCUT2D eigenvalue weighted by Gasteiger charge is 2.26. The van der Waals surface area contributed by atoms with Gasteiger partial charge in [-0.1, -0.05) is 29.4 Å². The van der Waals surface area contributed by atoms with Gasteiger partial charge >= 0.3 is 0 Å². The van der Waals surface area contributed by atoms with Crippen molar-refractivity contribution >= 4 is 5.91 Å². The summed E-state index contributed by atoms with van der Waals surface area (Å²) in [5.41, 5.74) is 3.10. The standard InChI is InChI=1S/C18H22N2O3/c1-13-5-3-4-6-16(13)14-7-9-20(10-8-14)18(21)17-11-15(12-22-2)23-19-17/h3-6,11,14H,7-10,12H2,1-2H3. The van der Waals surface area contributed by atoms with Gasteiger partial charge in [-0.3, -0.25) is 4.79 Å². The summed E-state index contributed by atoms with van der Waals surface area (Å²) in [6, 6.07) is 10.2. The second-order valence-electron chi connectivity index (χ2n) is 6.03. The molecule has 0 saturated carbocycles. The third-order valence-electron chi connectivity index (χ3n) is 4.48. The van der Waals surface area contributed by atoms with Crippen molar-refractivity contribution in [1.82, 2.24) is 10.1 Å². The molecule has 0 radical (unpaired) electrons. The number of ether oxygens (including phenoxy) is 1. The smallest absolute Gasteiger partial charge is 0.276 e. The molecular weight excluding hydrogens is 292 g/mol. The van der Waals surface area contributed by atoms with Gasteiger partial charge in [0.1, 0.15) is 6.61 Å². The maximum absolute atomic E-state index is 12.5. The van der Waals surface area contributed by atoms with E-state index in [-0.39, 0.29) is 5.91 Å². The molecule has 1 aromatic carbocycles. The van der Waals surface area contributed by atoms with Crippen molar-refractivity contribution in [1.29, 1.82) is 0 Å². The van der Waals surface area contributed by atoms with E-state index < -0.39 is 0 Å². The number of rotatable bonds is 4. The maximum atomic E-state index is 12.5. The number of piperidine rings is 1. The molecule has 0 bridgehead atoms. The van der Waals surface area contributed by atoms with Crippen LogP contribution in [0.1, 0.15) is 46.1 Å². The molecule has 122 valence electrons. The number of methoxy groups -OCH3 is 1. The minimum absolute atomic E-state index is 0.0562. The molecule has 0 atom stereocenters. The van der Waals surface area contributed by atoms with Gasteiger partial charge in [-0.05, 0) is 36.8 Å². The highest BCUT2D eigenvalue weighted by Crippen LogP contribution is 2.30. The first-order valence-electron chi connectivity index (χ1n) is 7.98. The van der Waals surface area contributed by atoms with E-state index in [1.807, 2.05) is 4.90 Å². The summed E-state index contributed by atoms with van der Waals surface area (Å²) in [5, 5.41) is 3.86. The maximum Gasteiger partial charge on any atom is 0.276 e. The van der Waals surface area contributed by atoms with Gasteiger partial charge in [-0.15, -0.1) is 0 Å². The van der Waals surface area contributed by atoms with Crippen LogP contribution in [0.4, 0.5) is 0 Å². The fraction of sp³-hybridized carbons (Fsp3) is 0.444. The number of benzene rings is 1. The molecule has 1 aliphatic rings. The normalized spacial score (nSPS) is 15.8. The van der Waals surface area contributed by atoms with Crippen molar-refractivity contribution in [3.63, 3.8) is 0 Å². The number of hydrogen-bond donors (Lipinski definition) is 0. The van der Waals surface area contributed by atoms with Gasteiger partial charge in [0.2, 0.25) is 0 Å². The first-order valence-corrected chi connectivity index (χ1v) is 7.98. The molecule has 0 unspecified atom stereocenters. The molecule has 2 aromatic rings. The molecule has 1 fully saturated rings. The Labute approximate surface area is 136 Å². The minimum atomic E-state index is -0.0562. The van der Waals surface area contributed by atoms with Crippen LogP contribution < -0.4 is 0 Å². The SMILES string of the molecule is COCc1cc(C(=O)N2CCC(c3ccccc3C)CC2)no1. The molecule has 2 heterocycles. The summed E-state index contributed by atoms with van der Waals surface area (Å²) in [4.78, 5) is 14.4. The lowest BCUT2D eigenvalue weighted by atomic mass is 9.87. The Bertz CT molecular complexity index is 672. The van der Waals surface area contributed by atoms with Gasteiger partial charge in [-0.2, -0.15) is 0 Å². The quantitative estimate of drug-likeness (QED) is 0.870. The predicted molar refractivity (Wildman–Crippen MR) is 86.3 cm³/mol. The number of hydrogen-bond acceptors (Lipinski definition) is 4. The zero-order valence-corrected chi connectivity index (χ0v) is 13.6. The van der Waals surface area contributed by atoms with E-state index in [0.29, 0.717) is 24.0 Å². The molecule has 1 amide bonds. The fourth-order valence-electron chi connectivity index (χ4n) is 3.22. The Balaban J connectivity index is 1.62. The van der Waals surface area contributed by atoms with Crippen LogP contribution in [0.3, 0.4) is 0 Å². The predicted octanol–water partition coefficient (Wildman–Crippen LogP) is 3.15. The number of aromatic nitrogens is 1. The summed E-state index contributed by atoms with van der Waals surface area (Å²) >= 11 is 0. The number of carbonyl (C=O) groups is 1. The minimum Gasteiger partial charge on any atom is -0.377 e. The third-order valence-corrected chi connectivity index (χ3v) is 4.48. The van der Waals surface area contributed by atoms with Gasteiger partial charge in [0.05, 0.1) is 0 Å². The van der Waals surface area contributed by atoms with Crippen LogP contribution in [0.2, 0.25) is 0 Å². The van der Waals surface area contributed by atoms with E-state index in [2.05, 4.69) is 36.3 Å². The van der Waals surface area contributed by atoms with Crippen molar-refractivity contribution in [3.8, 4) is 0 Å². The average Bonchev–Trinajstić information content (AvgIpc) is 3.04. The largest absolute Gasteiger partial charge is 0.377 e. The van der Waals surface area contributed by atoms with Crippen molar-refractivity contribution in [3.05, 3.63) is 52.9 Å².